The van der Waals surface area contributed by atoms with E-state index in [9.17, 15) is 4.79 Å². The molecule has 1 rings (SSSR count). The minimum atomic E-state index is 0.113. The van der Waals surface area contributed by atoms with Gasteiger partial charge in [-0.1, -0.05) is 0 Å². The topological polar surface area (TPSA) is 34.0 Å². The predicted octanol–water partition coefficient (Wildman–Crippen LogP) is 1.01. The van der Waals surface area contributed by atoms with Crippen molar-refractivity contribution in [1.82, 2.24) is 9.88 Å². The van der Waals surface area contributed by atoms with Crippen LogP contribution >= 0.6 is 0 Å². The van der Waals surface area contributed by atoms with Gasteiger partial charge in [0.25, 0.3) is 0 Å². The summed E-state index contributed by atoms with van der Waals surface area (Å²) >= 11 is 0. The number of carbonyl (C=O) groups is 1. The molecule has 0 aromatic carbocycles. The molecule has 0 aliphatic heterocycles. The van der Waals surface area contributed by atoms with E-state index >= 15 is 0 Å². The summed E-state index contributed by atoms with van der Waals surface area (Å²) in [5, 5.41) is 2.60. The van der Waals surface area contributed by atoms with E-state index in [0.717, 1.165) is 13.0 Å². The van der Waals surface area contributed by atoms with Gasteiger partial charge >= 0.3 is 0 Å². The van der Waals surface area contributed by atoms with Crippen molar-refractivity contribution in [3.05, 3.63) is 24.5 Å². The highest BCUT2D eigenvalue weighted by Gasteiger charge is 1.96. The third-order valence-corrected chi connectivity index (χ3v) is 1.77. The third kappa shape index (κ3) is 2.78. The van der Waals surface area contributed by atoms with Crippen molar-refractivity contribution in [2.75, 3.05) is 7.05 Å². The Morgan fingerprint density at radius 2 is 2.08 bits per heavy atom. The van der Waals surface area contributed by atoms with E-state index in [1.807, 2.05) is 24.5 Å². The van der Waals surface area contributed by atoms with E-state index in [0.29, 0.717) is 6.42 Å². The minimum Gasteiger partial charge on any atom is -0.359 e. The maximum atomic E-state index is 10.8. The van der Waals surface area contributed by atoms with Crippen LogP contribution in [0.1, 0.15) is 12.8 Å². The quantitative estimate of drug-likeness (QED) is 0.711. The molecule has 1 heterocycles. The van der Waals surface area contributed by atoms with Crippen LogP contribution in [0.5, 0.6) is 0 Å². The van der Waals surface area contributed by atoms with Gasteiger partial charge in [0, 0.05) is 32.4 Å². The Morgan fingerprint density at radius 3 is 2.67 bits per heavy atom. The number of nitrogens with one attached hydrogen (secondary N) is 1. The van der Waals surface area contributed by atoms with Crippen molar-refractivity contribution in [2.45, 2.75) is 19.4 Å². The van der Waals surface area contributed by atoms with Gasteiger partial charge < -0.3 is 9.88 Å². The summed E-state index contributed by atoms with van der Waals surface area (Å²) < 4.78 is 2.07. The lowest BCUT2D eigenvalue weighted by molar-refractivity contribution is -0.120. The van der Waals surface area contributed by atoms with Crippen LogP contribution in [0.15, 0.2) is 24.5 Å². The monoisotopic (exact) mass is 166 g/mol. The zero-order valence-electron chi connectivity index (χ0n) is 7.29. The number of hydrogen-bond acceptors (Lipinski definition) is 1. The maximum Gasteiger partial charge on any atom is 0.219 e. The number of carbonyl (C=O) groups excluding carboxylic acids is 1. The molecule has 1 aromatic rings. The van der Waals surface area contributed by atoms with Crippen molar-refractivity contribution in [2.24, 2.45) is 0 Å². The van der Waals surface area contributed by atoms with Crippen LogP contribution in [0.4, 0.5) is 0 Å². The second-order valence-corrected chi connectivity index (χ2v) is 2.70. The van der Waals surface area contributed by atoms with Crippen LogP contribution in [0.3, 0.4) is 0 Å². The zero-order chi connectivity index (χ0) is 8.81. The number of rotatable bonds is 4. The molecule has 12 heavy (non-hydrogen) atoms. The van der Waals surface area contributed by atoms with Crippen molar-refractivity contribution < 1.29 is 4.79 Å². The van der Waals surface area contributed by atoms with E-state index < -0.39 is 0 Å². The average molecular weight is 166 g/mol. The maximum absolute atomic E-state index is 10.8. The van der Waals surface area contributed by atoms with Crippen LogP contribution in [-0.2, 0) is 11.3 Å². The first kappa shape index (κ1) is 8.84. The number of aryl methyl sites for hydroxylation is 1. The van der Waals surface area contributed by atoms with Gasteiger partial charge in [-0.05, 0) is 18.6 Å². The van der Waals surface area contributed by atoms with Gasteiger partial charge in [0.2, 0.25) is 5.91 Å². The molecule has 0 atom stereocenters. The first-order valence-electron chi connectivity index (χ1n) is 4.14. The smallest absolute Gasteiger partial charge is 0.219 e. The Labute approximate surface area is 72.4 Å². The summed E-state index contributed by atoms with van der Waals surface area (Å²) in [5.74, 6) is 0.113. The predicted molar refractivity (Wildman–Crippen MR) is 47.7 cm³/mol. The van der Waals surface area contributed by atoms with Crippen molar-refractivity contribution in [3.63, 3.8) is 0 Å². The second kappa shape index (κ2) is 4.59. The molecule has 0 bridgehead atoms. The Kier molecular flexibility index (Phi) is 3.38. The van der Waals surface area contributed by atoms with E-state index in [1.54, 1.807) is 7.05 Å². The SMILES string of the molecule is CNC(=O)CCCn1cccc1. The highest BCUT2D eigenvalue weighted by molar-refractivity contribution is 5.75. The molecule has 0 saturated carbocycles. The Balaban J connectivity index is 2.15. The molecule has 66 valence electrons. The standard InChI is InChI=1S/C9H14N2O/c1-10-9(12)5-4-8-11-6-2-3-7-11/h2-3,6-7H,4-5,8H2,1H3,(H,10,12). The Bertz CT molecular complexity index is 229. The fourth-order valence-corrected chi connectivity index (χ4v) is 1.07. The van der Waals surface area contributed by atoms with Crippen molar-refractivity contribution in [3.8, 4) is 0 Å². The van der Waals surface area contributed by atoms with Gasteiger partial charge in [0.15, 0.2) is 0 Å². The molecule has 0 aliphatic rings. The lowest BCUT2D eigenvalue weighted by atomic mass is 10.3. The van der Waals surface area contributed by atoms with Gasteiger partial charge in [-0.25, -0.2) is 0 Å². The highest BCUT2D eigenvalue weighted by atomic mass is 16.1. The normalized spacial score (nSPS) is 9.75. The summed E-state index contributed by atoms with van der Waals surface area (Å²) in [7, 11) is 1.66. The van der Waals surface area contributed by atoms with Crippen LogP contribution in [0.25, 0.3) is 0 Å². The lowest BCUT2D eigenvalue weighted by Crippen LogP contribution is -2.17. The van der Waals surface area contributed by atoms with Crippen LogP contribution in [0, 0.1) is 0 Å². The van der Waals surface area contributed by atoms with E-state index in [4.69, 9.17) is 0 Å². The van der Waals surface area contributed by atoms with Crippen LogP contribution in [-0.4, -0.2) is 17.5 Å². The van der Waals surface area contributed by atoms with E-state index in [1.165, 1.54) is 0 Å². The number of nitrogens with zero attached hydrogens (tertiary/aromatic N) is 1. The fourth-order valence-electron chi connectivity index (χ4n) is 1.07. The molecule has 0 unspecified atom stereocenters. The van der Waals surface area contributed by atoms with Crippen molar-refractivity contribution >= 4 is 5.91 Å². The molecule has 1 N–H and O–H groups in total. The van der Waals surface area contributed by atoms with Gasteiger partial charge in [0.1, 0.15) is 0 Å². The molecule has 0 fully saturated rings. The van der Waals surface area contributed by atoms with Gasteiger partial charge in [-0.3, -0.25) is 4.79 Å². The van der Waals surface area contributed by atoms with Crippen LogP contribution in [0.2, 0.25) is 0 Å². The molecule has 3 nitrogen and oxygen atoms in total. The Morgan fingerprint density at radius 1 is 1.42 bits per heavy atom. The molecule has 0 spiro atoms. The molecular formula is C9H14N2O. The summed E-state index contributed by atoms with van der Waals surface area (Å²) in [6, 6.07) is 3.97. The first-order chi connectivity index (χ1) is 5.83. The second-order valence-electron chi connectivity index (χ2n) is 2.70. The number of aromatic nitrogens is 1. The first-order valence-corrected chi connectivity index (χ1v) is 4.14. The van der Waals surface area contributed by atoms with E-state index in [2.05, 4.69) is 9.88 Å². The Hall–Kier alpha value is -1.25. The molecular weight excluding hydrogens is 152 g/mol. The molecule has 0 radical (unpaired) electrons. The lowest BCUT2D eigenvalue weighted by Gasteiger charge is -2.01. The van der Waals surface area contributed by atoms with E-state index in [-0.39, 0.29) is 5.91 Å². The summed E-state index contributed by atoms with van der Waals surface area (Å²) in [4.78, 5) is 10.8. The van der Waals surface area contributed by atoms with Gasteiger partial charge in [0.05, 0.1) is 0 Å². The van der Waals surface area contributed by atoms with Crippen molar-refractivity contribution in [1.29, 1.82) is 0 Å². The molecule has 3 heteroatoms. The van der Waals surface area contributed by atoms with Gasteiger partial charge in [-0.15, -0.1) is 0 Å². The third-order valence-electron chi connectivity index (χ3n) is 1.77. The summed E-state index contributed by atoms with van der Waals surface area (Å²) in [6.07, 6.45) is 5.51. The largest absolute Gasteiger partial charge is 0.359 e. The average Bonchev–Trinajstić information content (AvgIpc) is 2.57. The van der Waals surface area contributed by atoms with Gasteiger partial charge in [-0.2, -0.15) is 0 Å². The summed E-state index contributed by atoms with van der Waals surface area (Å²) in [6.45, 7) is 0.917. The minimum absolute atomic E-state index is 0.113. The summed E-state index contributed by atoms with van der Waals surface area (Å²) in [5.41, 5.74) is 0. The number of hydrogen-bond donors (Lipinski definition) is 1. The molecule has 1 aromatic heterocycles. The molecule has 1 amide bonds. The number of amides is 1. The van der Waals surface area contributed by atoms with Crippen LogP contribution < -0.4 is 5.32 Å². The molecule has 0 saturated heterocycles. The zero-order valence-corrected chi connectivity index (χ0v) is 7.29. The fraction of sp³-hybridized carbons (Fsp3) is 0.444. The molecule has 0 aliphatic carbocycles. The highest BCUT2D eigenvalue weighted by Crippen LogP contribution is 1.96.